The van der Waals surface area contributed by atoms with Crippen LogP contribution in [0.5, 0.6) is 0 Å². The van der Waals surface area contributed by atoms with E-state index in [-0.39, 0.29) is 5.78 Å². The van der Waals surface area contributed by atoms with E-state index in [9.17, 15) is 9.59 Å². The van der Waals surface area contributed by atoms with Crippen molar-refractivity contribution in [3.05, 3.63) is 0 Å². The van der Waals surface area contributed by atoms with Crippen molar-refractivity contribution in [1.82, 2.24) is 0 Å². The smallest absolute Gasteiger partial charge is 0.215 e. The maximum atomic E-state index is 11.4. The molecular weight excluding hydrogens is 198 g/mol. The average Bonchev–Trinajstić information content (AvgIpc) is 2.11. The first kappa shape index (κ1) is 13.7. The lowest BCUT2D eigenvalue weighted by molar-refractivity contribution is -0.137. The lowest BCUT2D eigenvalue weighted by atomic mass is 9.98. The van der Waals surface area contributed by atoms with E-state index in [0.717, 1.165) is 0 Å². The minimum atomic E-state index is -0.607. The molecule has 14 heavy (non-hydrogen) atoms. The number of hydrogen-bond acceptors (Lipinski definition) is 4. The van der Waals surface area contributed by atoms with Crippen molar-refractivity contribution in [2.75, 3.05) is 12.0 Å². The van der Waals surface area contributed by atoms with E-state index in [0.29, 0.717) is 24.5 Å². The van der Waals surface area contributed by atoms with Gasteiger partial charge in [-0.25, -0.2) is 0 Å². The fraction of sp³-hybridized carbons (Fsp3) is 0.800. The second-order valence-corrected chi connectivity index (χ2v) is 4.75. The van der Waals surface area contributed by atoms with Crippen molar-refractivity contribution in [1.29, 1.82) is 0 Å². The Morgan fingerprint density at radius 3 is 2.36 bits per heavy atom. The van der Waals surface area contributed by atoms with Crippen LogP contribution in [-0.4, -0.2) is 29.6 Å². The third kappa shape index (κ3) is 5.40. The van der Waals surface area contributed by atoms with E-state index in [1.165, 1.54) is 0 Å². The monoisotopic (exact) mass is 217 g/mol. The lowest BCUT2D eigenvalue weighted by Gasteiger charge is -2.11. The molecule has 0 aliphatic rings. The third-order valence-electron chi connectivity index (χ3n) is 1.87. The molecule has 0 amide bonds. The SMILES string of the molecule is CSCCC(=O)C(=O)[C@@H](N)CC(C)C. The molecule has 1 atom stereocenters. The van der Waals surface area contributed by atoms with Gasteiger partial charge in [-0.2, -0.15) is 11.8 Å². The van der Waals surface area contributed by atoms with Gasteiger partial charge >= 0.3 is 0 Å². The molecule has 0 saturated heterocycles. The first-order chi connectivity index (χ1) is 6.49. The quantitative estimate of drug-likeness (QED) is 0.652. The number of nitrogens with two attached hydrogens (primary N) is 1. The molecule has 0 aromatic rings. The van der Waals surface area contributed by atoms with E-state index >= 15 is 0 Å². The van der Waals surface area contributed by atoms with Gasteiger partial charge in [-0.05, 0) is 18.6 Å². The molecule has 0 fully saturated rings. The highest BCUT2D eigenvalue weighted by Crippen LogP contribution is 2.05. The minimum Gasteiger partial charge on any atom is -0.321 e. The van der Waals surface area contributed by atoms with Gasteiger partial charge < -0.3 is 5.73 Å². The van der Waals surface area contributed by atoms with Crippen molar-refractivity contribution in [2.24, 2.45) is 11.7 Å². The predicted octanol–water partition coefficient (Wildman–Crippen LogP) is 1.25. The van der Waals surface area contributed by atoms with Crippen LogP contribution in [0.3, 0.4) is 0 Å². The Balaban J connectivity index is 3.98. The van der Waals surface area contributed by atoms with E-state index in [2.05, 4.69) is 0 Å². The van der Waals surface area contributed by atoms with Crippen LogP contribution in [0.4, 0.5) is 0 Å². The zero-order valence-corrected chi connectivity index (χ0v) is 9.89. The summed E-state index contributed by atoms with van der Waals surface area (Å²) in [7, 11) is 0. The fourth-order valence-corrected chi connectivity index (χ4v) is 1.53. The fourth-order valence-electron chi connectivity index (χ4n) is 1.14. The normalized spacial score (nSPS) is 12.9. The molecule has 0 radical (unpaired) electrons. The summed E-state index contributed by atoms with van der Waals surface area (Å²) in [6, 6.07) is -0.607. The number of ketones is 2. The first-order valence-electron chi connectivity index (χ1n) is 4.80. The lowest BCUT2D eigenvalue weighted by Crippen LogP contribution is -2.37. The molecule has 2 N–H and O–H groups in total. The number of hydrogen-bond donors (Lipinski definition) is 1. The van der Waals surface area contributed by atoms with Gasteiger partial charge in [0, 0.05) is 12.2 Å². The van der Waals surface area contributed by atoms with E-state index in [4.69, 9.17) is 5.73 Å². The van der Waals surface area contributed by atoms with Gasteiger partial charge in [-0.15, -0.1) is 0 Å². The molecule has 4 heteroatoms. The molecule has 0 aromatic carbocycles. The number of rotatable bonds is 7. The van der Waals surface area contributed by atoms with E-state index in [1.807, 2.05) is 20.1 Å². The Morgan fingerprint density at radius 2 is 1.93 bits per heavy atom. The Kier molecular flexibility index (Phi) is 6.83. The van der Waals surface area contributed by atoms with Gasteiger partial charge in [0.1, 0.15) is 0 Å². The van der Waals surface area contributed by atoms with Gasteiger partial charge in [0.25, 0.3) is 0 Å². The number of carbonyl (C=O) groups is 2. The summed E-state index contributed by atoms with van der Waals surface area (Å²) in [5, 5.41) is 0. The Labute approximate surface area is 89.8 Å². The second kappa shape index (κ2) is 7.01. The highest BCUT2D eigenvalue weighted by atomic mass is 32.2. The standard InChI is InChI=1S/C10H19NO2S/c1-7(2)6-8(11)10(13)9(12)4-5-14-3/h7-8H,4-6,11H2,1-3H3/t8-/m0/s1. The Morgan fingerprint density at radius 1 is 1.36 bits per heavy atom. The van der Waals surface area contributed by atoms with Gasteiger partial charge in [-0.1, -0.05) is 13.8 Å². The van der Waals surface area contributed by atoms with Crippen LogP contribution in [0.15, 0.2) is 0 Å². The summed E-state index contributed by atoms with van der Waals surface area (Å²) in [5.41, 5.74) is 5.61. The van der Waals surface area contributed by atoms with Gasteiger partial charge in [-0.3, -0.25) is 9.59 Å². The van der Waals surface area contributed by atoms with Gasteiger partial charge in [0.15, 0.2) is 0 Å². The maximum Gasteiger partial charge on any atom is 0.215 e. The number of carbonyl (C=O) groups excluding carboxylic acids is 2. The number of Topliss-reactive ketones (excluding diaryl/α,β-unsaturated/α-hetero) is 2. The second-order valence-electron chi connectivity index (χ2n) is 3.77. The largest absolute Gasteiger partial charge is 0.321 e. The molecule has 0 saturated carbocycles. The Bertz CT molecular complexity index is 204. The minimum absolute atomic E-state index is 0.311. The van der Waals surface area contributed by atoms with Crippen LogP contribution >= 0.6 is 11.8 Å². The van der Waals surface area contributed by atoms with Crippen LogP contribution in [-0.2, 0) is 9.59 Å². The predicted molar refractivity (Wildman–Crippen MR) is 60.4 cm³/mol. The number of thioether (sulfide) groups is 1. The van der Waals surface area contributed by atoms with Gasteiger partial charge in [0.05, 0.1) is 6.04 Å². The molecule has 3 nitrogen and oxygen atoms in total. The third-order valence-corrected chi connectivity index (χ3v) is 2.48. The zero-order valence-electron chi connectivity index (χ0n) is 9.08. The van der Waals surface area contributed by atoms with E-state index < -0.39 is 11.8 Å². The summed E-state index contributed by atoms with van der Waals surface area (Å²) in [5.74, 6) is 0.307. The Hall–Kier alpha value is -0.350. The van der Waals surface area contributed by atoms with Crippen molar-refractivity contribution in [2.45, 2.75) is 32.7 Å². The molecule has 0 spiro atoms. The molecule has 0 unspecified atom stereocenters. The highest BCUT2D eigenvalue weighted by molar-refractivity contribution is 7.98. The summed E-state index contributed by atoms with van der Waals surface area (Å²) in [4.78, 5) is 22.7. The summed E-state index contributed by atoms with van der Waals surface area (Å²) < 4.78 is 0. The van der Waals surface area contributed by atoms with Crippen LogP contribution in [0.1, 0.15) is 26.7 Å². The highest BCUT2D eigenvalue weighted by Gasteiger charge is 2.21. The van der Waals surface area contributed by atoms with Crippen LogP contribution in [0, 0.1) is 5.92 Å². The average molecular weight is 217 g/mol. The molecule has 0 aromatic heterocycles. The summed E-state index contributed by atoms with van der Waals surface area (Å²) >= 11 is 1.56. The van der Waals surface area contributed by atoms with Crippen LogP contribution in [0.2, 0.25) is 0 Å². The zero-order chi connectivity index (χ0) is 11.1. The van der Waals surface area contributed by atoms with Gasteiger partial charge in [0.2, 0.25) is 11.6 Å². The van der Waals surface area contributed by atoms with Crippen LogP contribution < -0.4 is 5.73 Å². The summed E-state index contributed by atoms with van der Waals surface area (Å²) in [6.07, 6.45) is 2.81. The van der Waals surface area contributed by atoms with Crippen molar-refractivity contribution in [3.8, 4) is 0 Å². The van der Waals surface area contributed by atoms with Crippen molar-refractivity contribution < 1.29 is 9.59 Å². The molecule has 0 bridgehead atoms. The molecular formula is C10H19NO2S. The molecule has 82 valence electrons. The molecule has 0 heterocycles. The van der Waals surface area contributed by atoms with Crippen molar-refractivity contribution >= 4 is 23.3 Å². The van der Waals surface area contributed by atoms with E-state index in [1.54, 1.807) is 11.8 Å². The topological polar surface area (TPSA) is 60.2 Å². The maximum absolute atomic E-state index is 11.4. The van der Waals surface area contributed by atoms with Crippen LogP contribution in [0.25, 0.3) is 0 Å². The molecule has 0 aliphatic heterocycles. The first-order valence-corrected chi connectivity index (χ1v) is 6.20. The summed E-state index contributed by atoms with van der Waals surface area (Å²) in [6.45, 7) is 3.97. The molecule has 0 aliphatic carbocycles. The molecule has 0 rings (SSSR count). The van der Waals surface area contributed by atoms with Crippen molar-refractivity contribution in [3.63, 3.8) is 0 Å².